The molecule has 5 nitrogen and oxygen atoms in total. The smallest absolute Gasteiger partial charge is 0.243 e. The Balaban J connectivity index is 2.76. The van der Waals surface area contributed by atoms with E-state index in [1.807, 2.05) is 0 Å². The Hall–Kier alpha value is -1.65. The van der Waals surface area contributed by atoms with Crippen molar-refractivity contribution in [3.63, 3.8) is 0 Å². The Morgan fingerprint density at radius 3 is 3.27 bits per heavy atom. The van der Waals surface area contributed by atoms with Gasteiger partial charge in [0.15, 0.2) is 5.65 Å². The average molecular weight is 150 g/mol. The molecule has 0 unspecified atom stereocenters. The summed E-state index contributed by atoms with van der Waals surface area (Å²) in [4.78, 5) is 7.78. The van der Waals surface area contributed by atoms with Crippen LogP contribution in [0.4, 0.5) is 0 Å². The first-order chi connectivity index (χ1) is 5.42. The van der Waals surface area contributed by atoms with Crippen LogP contribution in [0.25, 0.3) is 11.0 Å². The summed E-state index contributed by atoms with van der Waals surface area (Å²) in [6.07, 6.45) is 3.12. The summed E-state index contributed by atoms with van der Waals surface area (Å²) in [6.45, 7) is 0. The SMILES string of the molecule is COc1n[nH]c2ncncc12. The highest BCUT2D eigenvalue weighted by atomic mass is 16.5. The molecule has 2 aromatic rings. The zero-order chi connectivity index (χ0) is 7.68. The Labute approximate surface area is 62.4 Å². The molecule has 2 aromatic heterocycles. The van der Waals surface area contributed by atoms with Crippen molar-refractivity contribution in [1.29, 1.82) is 0 Å². The first-order valence-electron chi connectivity index (χ1n) is 3.10. The second-order valence-corrected chi connectivity index (χ2v) is 2.02. The second kappa shape index (κ2) is 2.19. The molecule has 0 atom stereocenters. The number of nitrogens with one attached hydrogen (secondary N) is 1. The molecular formula is C6H6N4O. The topological polar surface area (TPSA) is 63.7 Å². The van der Waals surface area contributed by atoms with E-state index >= 15 is 0 Å². The third kappa shape index (κ3) is 0.813. The number of ether oxygens (including phenoxy) is 1. The van der Waals surface area contributed by atoms with Crippen LogP contribution < -0.4 is 4.74 Å². The molecule has 0 fully saturated rings. The average Bonchev–Trinajstić information content (AvgIpc) is 2.47. The third-order valence-electron chi connectivity index (χ3n) is 1.40. The van der Waals surface area contributed by atoms with Crippen LogP contribution in [0.15, 0.2) is 12.5 Å². The zero-order valence-electron chi connectivity index (χ0n) is 5.90. The van der Waals surface area contributed by atoms with E-state index in [2.05, 4.69) is 20.2 Å². The van der Waals surface area contributed by atoms with Crippen LogP contribution in [-0.2, 0) is 0 Å². The van der Waals surface area contributed by atoms with Gasteiger partial charge in [-0.15, -0.1) is 5.10 Å². The van der Waals surface area contributed by atoms with Gasteiger partial charge in [-0.25, -0.2) is 9.97 Å². The molecule has 0 aliphatic heterocycles. The van der Waals surface area contributed by atoms with E-state index in [9.17, 15) is 0 Å². The van der Waals surface area contributed by atoms with Gasteiger partial charge in [0.05, 0.1) is 7.11 Å². The van der Waals surface area contributed by atoms with Gasteiger partial charge in [-0.2, -0.15) is 0 Å². The second-order valence-electron chi connectivity index (χ2n) is 2.02. The van der Waals surface area contributed by atoms with E-state index in [1.54, 1.807) is 13.3 Å². The Bertz CT molecular complexity index is 369. The minimum atomic E-state index is 0.528. The minimum Gasteiger partial charge on any atom is -0.479 e. The number of rotatable bonds is 1. The molecule has 11 heavy (non-hydrogen) atoms. The summed E-state index contributed by atoms with van der Waals surface area (Å²) in [5.74, 6) is 0.528. The quantitative estimate of drug-likeness (QED) is 0.637. The van der Waals surface area contributed by atoms with Gasteiger partial charge in [-0.05, 0) is 0 Å². The molecule has 1 N–H and O–H groups in total. The van der Waals surface area contributed by atoms with Crippen LogP contribution in [0.1, 0.15) is 0 Å². The molecule has 0 radical (unpaired) electrons. The molecule has 2 rings (SSSR count). The van der Waals surface area contributed by atoms with E-state index in [4.69, 9.17) is 4.74 Å². The molecule has 0 aromatic carbocycles. The van der Waals surface area contributed by atoms with Crippen LogP contribution in [0, 0.1) is 0 Å². The van der Waals surface area contributed by atoms with Crippen molar-refractivity contribution in [3.05, 3.63) is 12.5 Å². The van der Waals surface area contributed by atoms with Gasteiger partial charge in [-0.3, -0.25) is 5.10 Å². The summed E-state index contributed by atoms with van der Waals surface area (Å²) < 4.78 is 4.95. The lowest BCUT2D eigenvalue weighted by Crippen LogP contribution is -1.82. The van der Waals surface area contributed by atoms with E-state index in [0.29, 0.717) is 11.5 Å². The maximum absolute atomic E-state index is 4.95. The summed E-state index contributed by atoms with van der Waals surface area (Å²) in [5, 5.41) is 7.38. The minimum absolute atomic E-state index is 0.528. The highest BCUT2D eigenvalue weighted by Crippen LogP contribution is 2.17. The van der Waals surface area contributed by atoms with Crippen molar-refractivity contribution in [3.8, 4) is 5.88 Å². The number of fused-ring (bicyclic) bond motifs is 1. The van der Waals surface area contributed by atoms with E-state index in [1.165, 1.54) is 6.33 Å². The largest absolute Gasteiger partial charge is 0.479 e. The van der Waals surface area contributed by atoms with Gasteiger partial charge in [0, 0.05) is 6.20 Å². The monoisotopic (exact) mass is 150 g/mol. The number of hydrogen-bond donors (Lipinski definition) is 1. The fourth-order valence-electron chi connectivity index (χ4n) is 0.895. The van der Waals surface area contributed by atoms with Gasteiger partial charge < -0.3 is 4.74 Å². The molecule has 0 spiro atoms. The van der Waals surface area contributed by atoms with Crippen LogP contribution in [0.5, 0.6) is 5.88 Å². The first kappa shape index (κ1) is 6.09. The number of H-pyrrole nitrogens is 1. The fraction of sp³-hybridized carbons (Fsp3) is 0.167. The fourth-order valence-corrected chi connectivity index (χ4v) is 0.895. The lowest BCUT2D eigenvalue weighted by molar-refractivity contribution is 0.401. The molecule has 0 aliphatic rings. The summed E-state index contributed by atoms with van der Waals surface area (Å²) >= 11 is 0. The van der Waals surface area contributed by atoms with E-state index in [0.717, 1.165) is 5.39 Å². The molecule has 0 bridgehead atoms. The van der Waals surface area contributed by atoms with Crippen LogP contribution >= 0.6 is 0 Å². The predicted molar refractivity (Wildman–Crippen MR) is 38.2 cm³/mol. The number of nitrogens with zero attached hydrogens (tertiary/aromatic N) is 3. The van der Waals surface area contributed by atoms with Crippen molar-refractivity contribution in [2.24, 2.45) is 0 Å². The third-order valence-corrected chi connectivity index (χ3v) is 1.40. The number of aromatic nitrogens is 4. The maximum Gasteiger partial charge on any atom is 0.243 e. The maximum atomic E-state index is 4.95. The molecule has 0 saturated carbocycles. The van der Waals surface area contributed by atoms with Gasteiger partial charge >= 0.3 is 0 Å². The lowest BCUT2D eigenvalue weighted by atomic mass is 10.4. The van der Waals surface area contributed by atoms with Crippen molar-refractivity contribution < 1.29 is 4.74 Å². The normalized spacial score (nSPS) is 10.3. The zero-order valence-corrected chi connectivity index (χ0v) is 5.90. The van der Waals surface area contributed by atoms with Crippen LogP contribution in [-0.4, -0.2) is 27.3 Å². The number of methoxy groups -OCH3 is 1. The number of aromatic amines is 1. The lowest BCUT2D eigenvalue weighted by Gasteiger charge is -1.90. The van der Waals surface area contributed by atoms with E-state index < -0.39 is 0 Å². The summed E-state index contributed by atoms with van der Waals surface area (Å²) in [6, 6.07) is 0. The van der Waals surface area contributed by atoms with Gasteiger partial charge in [-0.1, -0.05) is 0 Å². The van der Waals surface area contributed by atoms with Crippen molar-refractivity contribution in [2.45, 2.75) is 0 Å². The summed E-state index contributed by atoms with van der Waals surface area (Å²) in [7, 11) is 1.56. The first-order valence-corrected chi connectivity index (χ1v) is 3.10. The Kier molecular flexibility index (Phi) is 1.21. The molecule has 0 aliphatic carbocycles. The van der Waals surface area contributed by atoms with Gasteiger partial charge in [0.25, 0.3) is 0 Å². The summed E-state index contributed by atoms with van der Waals surface area (Å²) in [5.41, 5.74) is 0.692. The molecule has 0 saturated heterocycles. The Morgan fingerprint density at radius 1 is 1.55 bits per heavy atom. The van der Waals surface area contributed by atoms with Crippen molar-refractivity contribution >= 4 is 11.0 Å². The molecule has 5 heteroatoms. The highest BCUT2D eigenvalue weighted by Gasteiger charge is 2.04. The van der Waals surface area contributed by atoms with E-state index in [-0.39, 0.29) is 0 Å². The predicted octanol–water partition coefficient (Wildman–Crippen LogP) is 0.361. The molecule has 56 valence electrons. The molecule has 0 amide bonds. The number of hydrogen-bond acceptors (Lipinski definition) is 4. The van der Waals surface area contributed by atoms with Gasteiger partial charge in [0.1, 0.15) is 11.7 Å². The van der Waals surface area contributed by atoms with Crippen molar-refractivity contribution in [1.82, 2.24) is 20.2 Å². The van der Waals surface area contributed by atoms with Crippen molar-refractivity contribution in [2.75, 3.05) is 7.11 Å². The Morgan fingerprint density at radius 2 is 2.45 bits per heavy atom. The molecular weight excluding hydrogens is 144 g/mol. The van der Waals surface area contributed by atoms with Gasteiger partial charge in [0.2, 0.25) is 5.88 Å². The highest BCUT2D eigenvalue weighted by molar-refractivity contribution is 5.79. The van der Waals surface area contributed by atoms with Crippen LogP contribution in [0.2, 0.25) is 0 Å². The molecule has 2 heterocycles. The van der Waals surface area contributed by atoms with Crippen LogP contribution in [0.3, 0.4) is 0 Å². The standard InChI is InChI=1S/C6H6N4O/c1-11-6-4-2-7-3-8-5(4)9-10-6/h2-3H,1H3,(H,7,8,9,10).